The lowest BCUT2D eigenvalue weighted by atomic mass is 9.94. The quantitative estimate of drug-likeness (QED) is 0.472. The number of ketones is 1. The lowest BCUT2D eigenvalue weighted by Crippen LogP contribution is -2.30. The molecule has 0 aliphatic heterocycles. The zero-order valence-electron chi connectivity index (χ0n) is 6.43. The number of carbonyl (C=O) groups is 1. The molecule has 0 bridgehead atoms. The Morgan fingerprint density at radius 2 is 2.00 bits per heavy atom. The lowest BCUT2D eigenvalue weighted by molar-refractivity contribution is -0.295. The van der Waals surface area contributed by atoms with Crippen molar-refractivity contribution in [2.24, 2.45) is 0 Å². The molecule has 0 aromatic carbocycles. The lowest BCUT2D eigenvalue weighted by Gasteiger charge is -2.23. The Morgan fingerprint density at radius 1 is 1.42 bits per heavy atom. The average Bonchev–Trinajstić information content (AvgIpc) is 2.10. The van der Waals surface area contributed by atoms with Crippen molar-refractivity contribution < 1.29 is 20.0 Å². The third-order valence-electron chi connectivity index (χ3n) is 1.73. The fourth-order valence-corrected chi connectivity index (χ4v) is 1.01. The van der Waals surface area contributed by atoms with Gasteiger partial charge < -0.3 is 5.11 Å². The van der Waals surface area contributed by atoms with Crippen LogP contribution in [0.5, 0.6) is 0 Å². The summed E-state index contributed by atoms with van der Waals surface area (Å²) < 4.78 is 0. The van der Waals surface area contributed by atoms with E-state index in [4.69, 9.17) is 10.4 Å². The van der Waals surface area contributed by atoms with Crippen molar-refractivity contribution in [2.45, 2.75) is 12.0 Å². The zero-order chi connectivity index (χ0) is 9.03. The van der Waals surface area contributed by atoms with Crippen molar-refractivity contribution in [3.8, 4) is 0 Å². The van der Waals surface area contributed by atoms with Gasteiger partial charge in [-0.05, 0) is 24.3 Å². The molecular formula is C8H10O4. The van der Waals surface area contributed by atoms with Gasteiger partial charge in [-0.1, -0.05) is 0 Å². The minimum Gasteiger partial charge on any atom is -0.396 e. The molecule has 0 unspecified atom stereocenters. The molecule has 0 fully saturated rings. The smallest absolute Gasteiger partial charge is 0.178 e. The molecule has 1 rings (SSSR count). The van der Waals surface area contributed by atoms with E-state index in [9.17, 15) is 4.79 Å². The molecule has 1 aliphatic carbocycles. The Kier molecular flexibility index (Phi) is 2.75. The largest absolute Gasteiger partial charge is 0.396 e. The molecule has 0 atom stereocenters. The number of aliphatic hydroxyl groups is 1. The van der Waals surface area contributed by atoms with E-state index < -0.39 is 5.60 Å². The fourth-order valence-electron chi connectivity index (χ4n) is 1.01. The maximum absolute atomic E-state index is 10.7. The molecule has 4 heteroatoms. The molecule has 0 heterocycles. The Bertz CT molecular complexity index is 213. The van der Waals surface area contributed by atoms with Crippen LogP contribution in [0.3, 0.4) is 0 Å². The van der Waals surface area contributed by atoms with Crippen molar-refractivity contribution in [1.29, 1.82) is 0 Å². The molecule has 0 saturated heterocycles. The van der Waals surface area contributed by atoms with Gasteiger partial charge in [0, 0.05) is 13.0 Å². The third kappa shape index (κ3) is 1.79. The van der Waals surface area contributed by atoms with E-state index in [0.29, 0.717) is 0 Å². The van der Waals surface area contributed by atoms with Gasteiger partial charge in [0.2, 0.25) is 0 Å². The highest BCUT2D eigenvalue weighted by Gasteiger charge is 2.27. The Hall–Kier alpha value is -0.970. The summed E-state index contributed by atoms with van der Waals surface area (Å²) in [5.74, 6) is -0.152. The second-order valence-electron chi connectivity index (χ2n) is 2.59. The number of rotatable bonds is 3. The minimum atomic E-state index is -1.03. The number of hydrogen-bond donors (Lipinski definition) is 2. The van der Waals surface area contributed by atoms with Crippen LogP contribution in [0.4, 0.5) is 0 Å². The highest BCUT2D eigenvalue weighted by atomic mass is 17.1. The molecule has 2 N–H and O–H groups in total. The van der Waals surface area contributed by atoms with Gasteiger partial charge >= 0.3 is 0 Å². The van der Waals surface area contributed by atoms with Crippen LogP contribution >= 0.6 is 0 Å². The maximum atomic E-state index is 10.7. The first kappa shape index (κ1) is 9.12. The van der Waals surface area contributed by atoms with Gasteiger partial charge in [-0.15, -0.1) is 0 Å². The molecule has 12 heavy (non-hydrogen) atoms. The molecule has 0 spiro atoms. The number of allylic oxidation sites excluding steroid dienone is 2. The molecule has 0 radical (unpaired) electrons. The van der Waals surface area contributed by atoms with E-state index >= 15 is 0 Å². The number of hydrogen-bond acceptors (Lipinski definition) is 4. The van der Waals surface area contributed by atoms with Crippen molar-refractivity contribution in [3.05, 3.63) is 24.3 Å². The third-order valence-corrected chi connectivity index (χ3v) is 1.73. The Balaban J connectivity index is 2.75. The van der Waals surface area contributed by atoms with E-state index in [1.165, 1.54) is 24.3 Å². The van der Waals surface area contributed by atoms with E-state index in [1.807, 2.05) is 0 Å². The van der Waals surface area contributed by atoms with Crippen molar-refractivity contribution in [1.82, 2.24) is 0 Å². The summed E-state index contributed by atoms with van der Waals surface area (Å²) in [5, 5.41) is 17.2. The predicted molar refractivity (Wildman–Crippen MR) is 41.4 cm³/mol. The second-order valence-corrected chi connectivity index (χ2v) is 2.59. The van der Waals surface area contributed by atoms with Crippen molar-refractivity contribution in [3.63, 3.8) is 0 Å². The average molecular weight is 170 g/mol. The zero-order valence-corrected chi connectivity index (χ0v) is 6.43. The Labute approximate surface area is 69.7 Å². The summed E-state index contributed by atoms with van der Waals surface area (Å²) in [5.41, 5.74) is -1.03. The summed E-state index contributed by atoms with van der Waals surface area (Å²) in [6, 6.07) is 0. The molecule has 0 aromatic rings. The van der Waals surface area contributed by atoms with E-state index in [1.54, 1.807) is 0 Å². The predicted octanol–water partition coefficient (Wildman–Crippen LogP) is 0.292. The molecule has 0 saturated carbocycles. The summed E-state index contributed by atoms with van der Waals surface area (Å²) in [6.07, 6.45) is 5.67. The molecule has 1 aliphatic rings. The fraction of sp³-hybridized carbons (Fsp3) is 0.375. The molecule has 0 amide bonds. The van der Waals surface area contributed by atoms with E-state index in [-0.39, 0.29) is 18.8 Å². The molecule has 66 valence electrons. The molecule has 4 nitrogen and oxygen atoms in total. The van der Waals surface area contributed by atoms with Crippen LogP contribution in [0, 0.1) is 0 Å². The van der Waals surface area contributed by atoms with Crippen LogP contribution in [0.25, 0.3) is 0 Å². The first-order chi connectivity index (χ1) is 5.72. The molecular weight excluding hydrogens is 160 g/mol. The summed E-state index contributed by atoms with van der Waals surface area (Å²) in [6.45, 7) is -0.122. The highest BCUT2D eigenvalue weighted by Crippen LogP contribution is 2.21. The van der Waals surface area contributed by atoms with E-state index in [0.717, 1.165) is 0 Å². The van der Waals surface area contributed by atoms with Gasteiger partial charge in [0.1, 0.15) is 5.60 Å². The van der Waals surface area contributed by atoms with Gasteiger partial charge in [-0.2, -0.15) is 0 Å². The topological polar surface area (TPSA) is 66.8 Å². The SMILES string of the molecule is O=C1C=CC(CCO)(OO)C=C1. The van der Waals surface area contributed by atoms with E-state index in [2.05, 4.69) is 4.89 Å². The van der Waals surface area contributed by atoms with Gasteiger partial charge in [-0.25, -0.2) is 4.89 Å². The highest BCUT2D eigenvalue weighted by molar-refractivity contribution is 6.00. The number of aliphatic hydroxyl groups excluding tert-OH is 1. The first-order valence-electron chi connectivity index (χ1n) is 3.58. The standard InChI is InChI=1S/C8H10O4/c9-6-5-8(12-11)3-1-7(10)2-4-8/h1-4,9,11H,5-6H2. The minimum absolute atomic E-state index is 0.122. The van der Waals surface area contributed by atoms with Crippen LogP contribution < -0.4 is 0 Å². The van der Waals surface area contributed by atoms with Crippen molar-refractivity contribution in [2.75, 3.05) is 6.61 Å². The van der Waals surface area contributed by atoms with Gasteiger partial charge in [0.25, 0.3) is 0 Å². The van der Waals surface area contributed by atoms with Crippen molar-refractivity contribution >= 4 is 5.78 Å². The molecule has 0 aromatic heterocycles. The van der Waals surface area contributed by atoms with Crippen LogP contribution in [0.1, 0.15) is 6.42 Å². The maximum Gasteiger partial charge on any atom is 0.178 e. The van der Waals surface area contributed by atoms with Crippen LogP contribution in [-0.2, 0) is 9.68 Å². The van der Waals surface area contributed by atoms with Gasteiger partial charge in [0.15, 0.2) is 5.78 Å². The first-order valence-corrected chi connectivity index (χ1v) is 3.58. The van der Waals surface area contributed by atoms with Gasteiger partial charge in [-0.3, -0.25) is 10.1 Å². The van der Waals surface area contributed by atoms with Crippen LogP contribution in [0.15, 0.2) is 24.3 Å². The van der Waals surface area contributed by atoms with Gasteiger partial charge in [0.05, 0.1) is 0 Å². The number of carbonyl (C=O) groups excluding carboxylic acids is 1. The second kappa shape index (κ2) is 3.62. The van der Waals surface area contributed by atoms with Crippen LogP contribution in [0.2, 0.25) is 0 Å². The summed E-state index contributed by atoms with van der Waals surface area (Å²) >= 11 is 0. The normalized spacial score (nSPS) is 20.0. The summed E-state index contributed by atoms with van der Waals surface area (Å²) in [4.78, 5) is 14.9. The monoisotopic (exact) mass is 170 g/mol. The summed E-state index contributed by atoms with van der Waals surface area (Å²) in [7, 11) is 0. The Morgan fingerprint density at radius 3 is 2.42 bits per heavy atom. The van der Waals surface area contributed by atoms with Crippen LogP contribution in [-0.4, -0.2) is 28.4 Å².